The summed E-state index contributed by atoms with van der Waals surface area (Å²) in [4.78, 5) is 40.8. The maximum Gasteiger partial charge on any atom is 0.330 e. The van der Waals surface area contributed by atoms with E-state index in [1.807, 2.05) is 13.8 Å². The maximum absolute atomic E-state index is 14.3. The number of nitrogens with zero attached hydrogens (tertiary/aromatic N) is 2. The van der Waals surface area contributed by atoms with Crippen molar-refractivity contribution in [1.82, 2.24) is 9.55 Å². The number of hydrogen-bond acceptors (Lipinski definition) is 4. The highest BCUT2D eigenvalue weighted by atomic mass is 35.5. The van der Waals surface area contributed by atoms with Crippen LogP contribution in [0.5, 0.6) is 0 Å². The van der Waals surface area contributed by atoms with Crippen LogP contribution in [0.25, 0.3) is 0 Å². The molecule has 27 heavy (non-hydrogen) atoms. The van der Waals surface area contributed by atoms with Crippen molar-refractivity contribution in [3.05, 3.63) is 55.4 Å². The van der Waals surface area contributed by atoms with Gasteiger partial charge in [0.05, 0.1) is 5.56 Å². The highest BCUT2D eigenvalue weighted by Gasteiger charge is 2.26. The second-order valence-corrected chi connectivity index (χ2v) is 6.52. The van der Waals surface area contributed by atoms with Crippen molar-refractivity contribution in [2.24, 2.45) is 0 Å². The molecule has 9 heteroatoms. The fraction of sp³-hybridized carbons (Fsp3) is 0.389. The summed E-state index contributed by atoms with van der Waals surface area (Å²) in [5.74, 6) is -1.65. The predicted octanol–water partition coefficient (Wildman–Crippen LogP) is 2.77. The molecular weight excluding hydrogens is 375 g/mol. The summed E-state index contributed by atoms with van der Waals surface area (Å²) in [7, 11) is 0. The average Bonchev–Trinajstić information content (AvgIpc) is 2.60. The van der Waals surface area contributed by atoms with Gasteiger partial charge in [0.2, 0.25) is 0 Å². The number of rotatable bonds is 7. The van der Waals surface area contributed by atoms with E-state index < -0.39 is 23.0 Å². The predicted molar refractivity (Wildman–Crippen MR) is 104 cm³/mol. The number of carbonyl (C=O) groups is 1. The topological polar surface area (TPSA) is 101 Å². The van der Waals surface area contributed by atoms with Gasteiger partial charge < -0.3 is 10.6 Å². The number of nitrogens with two attached hydrogens (primary N) is 1. The monoisotopic (exact) mass is 396 g/mol. The Morgan fingerprint density at radius 3 is 2.59 bits per heavy atom. The van der Waals surface area contributed by atoms with E-state index >= 15 is 0 Å². The lowest BCUT2D eigenvalue weighted by molar-refractivity contribution is 0.0982. The van der Waals surface area contributed by atoms with E-state index in [2.05, 4.69) is 4.98 Å². The first-order valence-electron chi connectivity index (χ1n) is 8.71. The fourth-order valence-electron chi connectivity index (χ4n) is 2.72. The maximum atomic E-state index is 14.3. The van der Waals surface area contributed by atoms with Crippen LogP contribution in [0.3, 0.4) is 0 Å². The Morgan fingerprint density at radius 2 is 2.00 bits per heavy atom. The summed E-state index contributed by atoms with van der Waals surface area (Å²) in [5.41, 5.74) is 4.23. The largest absolute Gasteiger partial charge is 0.383 e. The molecule has 0 bridgehead atoms. The standard InChI is InChI=1S/C18H22ClFN4O3/c1-3-5-9-23(17(26)12-7-6-11(19)10-13(12)20)14-15(21)24(8-4-2)18(27)22-16(14)25/h6-7,10H,3-5,8-9,21H2,1-2H3,(H,22,25,27). The van der Waals surface area contributed by atoms with E-state index in [0.717, 1.165) is 17.4 Å². The van der Waals surface area contributed by atoms with Crippen LogP contribution < -0.4 is 21.9 Å². The molecule has 7 nitrogen and oxygen atoms in total. The van der Waals surface area contributed by atoms with Gasteiger partial charge in [-0.1, -0.05) is 31.9 Å². The Morgan fingerprint density at radius 1 is 1.30 bits per heavy atom. The Balaban J connectivity index is 2.63. The number of benzene rings is 1. The Kier molecular flexibility index (Phi) is 6.79. The number of carbonyl (C=O) groups excluding carboxylic acids is 1. The molecule has 0 saturated carbocycles. The molecule has 1 aromatic heterocycles. The van der Waals surface area contributed by atoms with Crippen LogP contribution in [0, 0.1) is 5.82 Å². The zero-order valence-corrected chi connectivity index (χ0v) is 16.0. The molecule has 0 atom stereocenters. The third-order valence-corrected chi connectivity index (χ3v) is 4.31. The molecule has 1 heterocycles. The Labute approximate surface area is 160 Å². The van der Waals surface area contributed by atoms with Crippen molar-refractivity contribution >= 4 is 29.0 Å². The molecule has 0 saturated heterocycles. The molecule has 1 aromatic carbocycles. The van der Waals surface area contributed by atoms with Crippen molar-refractivity contribution in [2.45, 2.75) is 39.7 Å². The van der Waals surface area contributed by atoms with Gasteiger partial charge in [-0.15, -0.1) is 0 Å². The quantitative estimate of drug-likeness (QED) is 0.751. The minimum absolute atomic E-state index is 0.121. The molecule has 0 unspecified atom stereocenters. The number of H-pyrrole nitrogens is 1. The number of aromatic nitrogens is 2. The first kappa shape index (κ1) is 20.7. The van der Waals surface area contributed by atoms with Crippen molar-refractivity contribution in [3.63, 3.8) is 0 Å². The Hall–Kier alpha value is -2.61. The molecule has 2 aromatic rings. The molecule has 2 rings (SSSR count). The normalized spacial score (nSPS) is 10.8. The lowest BCUT2D eigenvalue weighted by atomic mass is 10.1. The molecule has 146 valence electrons. The summed E-state index contributed by atoms with van der Waals surface area (Å²) < 4.78 is 15.5. The van der Waals surface area contributed by atoms with Crippen molar-refractivity contribution in [3.8, 4) is 0 Å². The van der Waals surface area contributed by atoms with Crippen LogP contribution in [0.2, 0.25) is 5.02 Å². The molecule has 0 radical (unpaired) electrons. The fourth-order valence-corrected chi connectivity index (χ4v) is 2.88. The molecule has 0 fully saturated rings. The Bertz CT molecular complexity index is 955. The van der Waals surface area contributed by atoms with Crippen molar-refractivity contribution in [2.75, 3.05) is 17.2 Å². The van der Waals surface area contributed by atoms with Crippen LogP contribution >= 0.6 is 11.6 Å². The van der Waals surface area contributed by atoms with Crippen molar-refractivity contribution in [1.29, 1.82) is 0 Å². The smallest absolute Gasteiger partial charge is 0.330 e. The van der Waals surface area contributed by atoms with Gasteiger partial charge in [-0.25, -0.2) is 9.18 Å². The lowest BCUT2D eigenvalue weighted by Crippen LogP contribution is -2.42. The van der Waals surface area contributed by atoms with Gasteiger partial charge in [-0.2, -0.15) is 0 Å². The number of hydrogen-bond donors (Lipinski definition) is 2. The van der Waals surface area contributed by atoms with E-state index in [0.29, 0.717) is 12.8 Å². The van der Waals surface area contributed by atoms with Gasteiger partial charge in [-0.3, -0.25) is 19.1 Å². The number of anilines is 2. The summed E-state index contributed by atoms with van der Waals surface area (Å²) in [5, 5.41) is 0.151. The highest BCUT2D eigenvalue weighted by molar-refractivity contribution is 6.30. The number of nitrogen functional groups attached to an aromatic ring is 1. The number of halogens is 2. The molecule has 1 amide bonds. The SMILES string of the molecule is CCCCN(C(=O)c1ccc(Cl)cc1F)c1c(N)n(CCC)c(=O)[nH]c1=O. The lowest BCUT2D eigenvalue weighted by Gasteiger charge is -2.24. The van der Waals surface area contributed by atoms with Gasteiger partial charge in [0, 0.05) is 18.1 Å². The molecule has 0 spiro atoms. The van der Waals surface area contributed by atoms with Gasteiger partial charge in [0.15, 0.2) is 5.69 Å². The number of aromatic amines is 1. The van der Waals surface area contributed by atoms with Crippen molar-refractivity contribution < 1.29 is 9.18 Å². The second kappa shape index (κ2) is 8.85. The number of unbranched alkanes of at least 4 members (excludes halogenated alkanes) is 1. The van der Waals surface area contributed by atoms with Crippen LogP contribution in [0.15, 0.2) is 27.8 Å². The van der Waals surface area contributed by atoms with Crippen LogP contribution in [-0.2, 0) is 6.54 Å². The van der Waals surface area contributed by atoms with E-state index in [4.69, 9.17) is 17.3 Å². The third-order valence-electron chi connectivity index (χ3n) is 4.07. The summed E-state index contributed by atoms with van der Waals surface area (Å²) >= 11 is 5.75. The number of amides is 1. The second-order valence-electron chi connectivity index (χ2n) is 6.08. The van der Waals surface area contributed by atoms with E-state index in [9.17, 15) is 18.8 Å². The summed E-state index contributed by atoms with van der Waals surface area (Å²) in [6, 6.07) is 3.67. The van der Waals surface area contributed by atoms with Crippen LogP contribution in [0.4, 0.5) is 15.9 Å². The van der Waals surface area contributed by atoms with Gasteiger partial charge in [0.25, 0.3) is 11.5 Å². The molecule has 0 aliphatic heterocycles. The van der Waals surface area contributed by atoms with Gasteiger partial charge in [-0.05, 0) is 31.0 Å². The average molecular weight is 397 g/mol. The van der Waals surface area contributed by atoms with Gasteiger partial charge >= 0.3 is 5.69 Å². The highest BCUT2D eigenvalue weighted by Crippen LogP contribution is 2.23. The first-order chi connectivity index (χ1) is 12.8. The molecular formula is C18H22ClFN4O3. The summed E-state index contributed by atoms with van der Waals surface area (Å²) in [6.45, 7) is 4.19. The zero-order valence-electron chi connectivity index (χ0n) is 15.2. The zero-order chi connectivity index (χ0) is 20.1. The minimum atomic E-state index is -0.800. The minimum Gasteiger partial charge on any atom is -0.383 e. The first-order valence-corrected chi connectivity index (χ1v) is 9.09. The van der Waals surface area contributed by atoms with E-state index in [1.54, 1.807) is 0 Å². The number of nitrogens with one attached hydrogen (secondary N) is 1. The van der Waals surface area contributed by atoms with Crippen LogP contribution in [0.1, 0.15) is 43.5 Å². The summed E-state index contributed by atoms with van der Waals surface area (Å²) in [6.07, 6.45) is 1.90. The van der Waals surface area contributed by atoms with Crippen LogP contribution in [-0.4, -0.2) is 22.0 Å². The van der Waals surface area contributed by atoms with E-state index in [-0.39, 0.29) is 35.2 Å². The molecule has 0 aliphatic carbocycles. The van der Waals surface area contributed by atoms with E-state index in [1.165, 1.54) is 16.7 Å². The molecule has 0 aliphatic rings. The molecule has 3 N–H and O–H groups in total. The van der Waals surface area contributed by atoms with Gasteiger partial charge in [0.1, 0.15) is 11.6 Å². The third kappa shape index (κ3) is 4.39.